The molecule has 0 unspecified atom stereocenters. The number of piperidine rings is 1. The van der Waals surface area contributed by atoms with Crippen LogP contribution in [0.2, 0.25) is 0 Å². The molecule has 2 saturated heterocycles. The van der Waals surface area contributed by atoms with Gasteiger partial charge in [0.15, 0.2) is 11.6 Å². The molecule has 1 spiro atoms. The van der Waals surface area contributed by atoms with Gasteiger partial charge in [-0.3, -0.25) is 14.5 Å². The van der Waals surface area contributed by atoms with E-state index in [1.807, 2.05) is 0 Å². The lowest BCUT2D eigenvalue weighted by Crippen LogP contribution is -2.56. The van der Waals surface area contributed by atoms with E-state index in [0.717, 1.165) is 43.7 Å². The molecule has 2 heterocycles. The Labute approximate surface area is 227 Å². The van der Waals surface area contributed by atoms with Gasteiger partial charge < -0.3 is 15.4 Å². The predicted molar refractivity (Wildman–Crippen MR) is 145 cm³/mol. The van der Waals surface area contributed by atoms with Crippen molar-refractivity contribution in [2.45, 2.75) is 97.7 Å². The minimum Gasteiger partial charge on any atom is -0.379 e. The summed E-state index contributed by atoms with van der Waals surface area (Å²) in [5.41, 5.74) is 0.183. The lowest BCUT2D eigenvalue weighted by Gasteiger charge is -2.42. The number of amides is 2. The first kappa shape index (κ1) is 30.5. The number of rotatable bonds is 6. The molecule has 2 fully saturated rings. The van der Waals surface area contributed by atoms with Crippen LogP contribution in [0, 0.1) is 28.9 Å². The second-order valence-corrected chi connectivity index (χ2v) is 12.2. The lowest BCUT2D eigenvalue weighted by atomic mass is 9.73. The molecule has 0 radical (unpaired) electrons. The number of carbonyl (C=O) groups excluding carboxylic acids is 2. The van der Waals surface area contributed by atoms with Crippen molar-refractivity contribution in [2.24, 2.45) is 17.3 Å². The molecule has 6 nitrogen and oxygen atoms in total. The van der Waals surface area contributed by atoms with Crippen LogP contribution in [0.3, 0.4) is 0 Å². The van der Waals surface area contributed by atoms with E-state index >= 15 is 0 Å². The average molecular weight is 536 g/mol. The first-order valence-electron chi connectivity index (χ1n) is 14.4. The van der Waals surface area contributed by atoms with E-state index in [-0.39, 0.29) is 23.8 Å². The van der Waals surface area contributed by atoms with Crippen molar-refractivity contribution in [2.75, 3.05) is 26.3 Å². The third-order valence-electron chi connectivity index (χ3n) is 7.88. The first-order valence-corrected chi connectivity index (χ1v) is 14.4. The summed E-state index contributed by atoms with van der Waals surface area (Å²) in [6, 6.07) is 3.36. The number of nitrogens with one attached hydrogen (secondary N) is 2. The Hall–Kier alpha value is -2.06. The summed E-state index contributed by atoms with van der Waals surface area (Å²) in [4.78, 5) is 29.5. The number of hydrogen-bond donors (Lipinski definition) is 2. The molecule has 2 amide bonds. The van der Waals surface area contributed by atoms with Crippen LogP contribution in [-0.4, -0.2) is 55.1 Å². The second kappa shape index (κ2) is 14.4. The fourth-order valence-electron chi connectivity index (χ4n) is 5.75. The highest BCUT2D eigenvalue weighted by atomic mass is 19.2. The molecule has 2 aliphatic rings. The summed E-state index contributed by atoms with van der Waals surface area (Å²) in [6.45, 7) is 11.4. The van der Waals surface area contributed by atoms with Gasteiger partial charge in [-0.25, -0.2) is 8.78 Å². The molecule has 0 saturated carbocycles. The smallest absolute Gasteiger partial charge is 0.242 e. The number of hydrogen-bond acceptors (Lipinski definition) is 4. The molecule has 1 aromatic carbocycles. The second-order valence-electron chi connectivity index (χ2n) is 12.2. The normalized spacial score (nSPS) is 24.3. The molecular formula is C30H47F2N3O3. The first-order chi connectivity index (χ1) is 18.1. The van der Waals surface area contributed by atoms with Crippen LogP contribution in [0.4, 0.5) is 8.78 Å². The van der Waals surface area contributed by atoms with Crippen molar-refractivity contribution in [1.29, 1.82) is 0 Å². The molecule has 1 aromatic rings. The van der Waals surface area contributed by atoms with Crippen molar-refractivity contribution < 1.29 is 23.1 Å². The molecule has 8 heteroatoms. The maximum Gasteiger partial charge on any atom is 0.242 e. The molecule has 2 N–H and O–H groups in total. The van der Waals surface area contributed by atoms with Gasteiger partial charge in [-0.2, -0.15) is 0 Å². The maximum atomic E-state index is 13.9. The number of benzene rings is 1. The van der Waals surface area contributed by atoms with E-state index in [2.05, 4.69) is 43.2 Å². The molecule has 0 bridgehead atoms. The summed E-state index contributed by atoms with van der Waals surface area (Å²) in [6.07, 6.45) is 6.36. The monoisotopic (exact) mass is 535 g/mol. The Balaban J connectivity index is 1.73. The SMILES string of the molecule is CC(C)C[C@H]1COCCCCCC2(CCN(Cc3ccc(F)c(F)c3)CC2)C(=O)N[C@@H](CC(C)C)C(=O)N1. The van der Waals surface area contributed by atoms with E-state index in [1.54, 1.807) is 6.07 Å². The van der Waals surface area contributed by atoms with Crippen LogP contribution in [0.5, 0.6) is 0 Å². The number of halogens is 2. The highest BCUT2D eigenvalue weighted by molar-refractivity contribution is 5.90. The Morgan fingerprint density at radius 2 is 1.66 bits per heavy atom. The summed E-state index contributed by atoms with van der Waals surface area (Å²) in [7, 11) is 0. The summed E-state index contributed by atoms with van der Waals surface area (Å²) in [5.74, 6) is -1.18. The van der Waals surface area contributed by atoms with Gasteiger partial charge in [0.2, 0.25) is 11.8 Å². The Kier molecular flexibility index (Phi) is 11.5. The van der Waals surface area contributed by atoms with Crippen LogP contribution in [0.25, 0.3) is 0 Å². The number of nitrogens with zero attached hydrogens (tertiary/aromatic N) is 1. The fourth-order valence-corrected chi connectivity index (χ4v) is 5.75. The Morgan fingerprint density at radius 1 is 0.947 bits per heavy atom. The summed E-state index contributed by atoms with van der Waals surface area (Å²) < 4.78 is 33.0. The molecule has 2 aliphatic heterocycles. The fraction of sp³-hybridized carbons (Fsp3) is 0.733. The van der Waals surface area contributed by atoms with Gasteiger partial charge in [0, 0.05) is 13.2 Å². The van der Waals surface area contributed by atoms with E-state index in [4.69, 9.17) is 4.74 Å². The van der Waals surface area contributed by atoms with Crippen LogP contribution in [-0.2, 0) is 20.9 Å². The van der Waals surface area contributed by atoms with Gasteiger partial charge >= 0.3 is 0 Å². The quantitative estimate of drug-likeness (QED) is 0.525. The van der Waals surface area contributed by atoms with Crippen molar-refractivity contribution >= 4 is 11.8 Å². The zero-order valence-corrected chi connectivity index (χ0v) is 23.7. The van der Waals surface area contributed by atoms with Crippen LogP contribution in [0.15, 0.2) is 18.2 Å². The zero-order valence-electron chi connectivity index (χ0n) is 23.7. The Bertz CT molecular complexity index is 916. The van der Waals surface area contributed by atoms with Gasteiger partial charge in [-0.15, -0.1) is 0 Å². The van der Waals surface area contributed by atoms with Gasteiger partial charge in [0.1, 0.15) is 6.04 Å². The molecule has 0 aromatic heterocycles. The largest absolute Gasteiger partial charge is 0.379 e. The minimum atomic E-state index is -0.844. The highest BCUT2D eigenvalue weighted by Gasteiger charge is 2.42. The Morgan fingerprint density at radius 3 is 2.32 bits per heavy atom. The minimum absolute atomic E-state index is 0.0282. The van der Waals surface area contributed by atoms with Gasteiger partial charge in [0.25, 0.3) is 0 Å². The van der Waals surface area contributed by atoms with E-state index in [1.165, 1.54) is 6.07 Å². The molecule has 0 aliphatic carbocycles. The predicted octanol–water partition coefficient (Wildman–Crippen LogP) is 5.20. The molecule has 214 valence electrons. The van der Waals surface area contributed by atoms with Crippen molar-refractivity contribution in [3.8, 4) is 0 Å². The molecule has 2 atom stereocenters. The van der Waals surface area contributed by atoms with Gasteiger partial charge in [-0.05, 0) is 81.1 Å². The van der Waals surface area contributed by atoms with Crippen LogP contribution in [0.1, 0.15) is 84.6 Å². The van der Waals surface area contributed by atoms with Crippen molar-refractivity contribution in [1.82, 2.24) is 15.5 Å². The molecular weight excluding hydrogens is 488 g/mol. The zero-order chi connectivity index (χ0) is 27.7. The highest BCUT2D eigenvalue weighted by Crippen LogP contribution is 2.38. The van der Waals surface area contributed by atoms with Gasteiger partial charge in [-0.1, -0.05) is 46.6 Å². The number of ether oxygens (including phenoxy) is 1. The third kappa shape index (κ3) is 9.01. The molecule has 3 rings (SSSR count). The van der Waals surface area contributed by atoms with E-state index in [0.29, 0.717) is 58.0 Å². The topological polar surface area (TPSA) is 70.7 Å². The average Bonchev–Trinajstić information content (AvgIpc) is 2.85. The lowest BCUT2D eigenvalue weighted by molar-refractivity contribution is -0.139. The molecule has 38 heavy (non-hydrogen) atoms. The van der Waals surface area contributed by atoms with Crippen LogP contribution >= 0.6 is 0 Å². The van der Waals surface area contributed by atoms with Crippen LogP contribution < -0.4 is 10.6 Å². The van der Waals surface area contributed by atoms with Gasteiger partial charge in [0.05, 0.1) is 18.1 Å². The summed E-state index contributed by atoms with van der Waals surface area (Å²) in [5, 5.41) is 6.33. The van der Waals surface area contributed by atoms with Crippen molar-refractivity contribution in [3.63, 3.8) is 0 Å². The van der Waals surface area contributed by atoms with Crippen molar-refractivity contribution in [3.05, 3.63) is 35.4 Å². The maximum absolute atomic E-state index is 13.9. The van der Waals surface area contributed by atoms with E-state index in [9.17, 15) is 18.4 Å². The summed E-state index contributed by atoms with van der Waals surface area (Å²) >= 11 is 0. The standard InChI is InChI=1S/C30H47F2N3O3/c1-21(2)16-24-20-38-15-7-5-6-10-30(29(37)34-27(17-22(3)4)28(36)33-24)11-13-35(14-12-30)19-23-8-9-25(31)26(32)18-23/h8-9,18,21-22,24,27H,5-7,10-17,19-20H2,1-4H3,(H,33,36)(H,34,37)/t24-,27-/m0/s1. The number of carbonyl (C=O) groups is 2. The number of likely N-dealkylation sites (tertiary alicyclic amines) is 1. The van der Waals surface area contributed by atoms with E-state index < -0.39 is 23.1 Å². The third-order valence-corrected chi connectivity index (χ3v) is 7.88.